The summed E-state index contributed by atoms with van der Waals surface area (Å²) >= 11 is 0. The molecule has 1 aromatic heterocycles. The molecule has 1 aliphatic heterocycles. The predicted molar refractivity (Wildman–Crippen MR) is 78.4 cm³/mol. The van der Waals surface area contributed by atoms with Crippen LogP contribution in [-0.4, -0.2) is 36.6 Å². The molecule has 106 valence electrons. The molecule has 2 aromatic rings. The predicted octanol–water partition coefficient (Wildman–Crippen LogP) is 2.72. The number of piperidine rings is 1. The topological polar surface area (TPSA) is 45.3 Å². The van der Waals surface area contributed by atoms with Gasteiger partial charge in [-0.1, -0.05) is 18.2 Å². The first-order valence-electron chi connectivity index (χ1n) is 7.06. The zero-order valence-electron chi connectivity index (χ0n) is 11.9. The van der Waals surface area contributed by atoms with Crippen LogP contribution in [0.4, 0.5) is 0 Å². The highest BCUT2D eigenvalue weighted by Gasteiger charge is 2.36. The molecule has 4 nitrogen and oxygen atoms in total. The normalized spacial score (nSPS) is 23.9. The lowest BCUT2D eigenvalue weighted by atomic mass is 9.87. The maximum atomic E-state index is 12.0. The second-order valence-electron chi connectivity index (χ2n) is 5.51. The van der Waals surface area contributed by atoms with Crippen LogP contribution in [0.15, 0.2) is 30.3 Å². The average Bonchev–Trinajstić information content (AvgIpc) is 2.89. The summed E-state index contributed by atoms with van der Waals surface area (Å²) in [4.78, 5) is 17.7. The molecule has 1 saturated heterocycles. The van der Waals surface area contributed by atoms with E-state index in [9.17, 15) is 4.79 Å². The standard InChI is InChI=1S/C16H20N2O2/c1-18-9-5-7-12(16(19)20-2)15(18)14-10-11-6-3-4-8-13(11)17-14/h3-4,6,8,10,12,15,17H,5,7,9H2,1-2H3. The lowest BCUT2D eigenvalue weighted by molar-refractivity contribution is -0.149. The molecule has 0 bridgehead atoms. The molecule has 1 fully saturated rings. The number of ether oxygens (including phenoxy) is 1. The minimum absolute atomic E-state index is 0.0728. The first kappa shape index (κ1) is 13.2. The van der Waals surface area contributed by atoms with Crippen molar-refractivity contribution in [2.45, 2.75) is 18.9 Å². The van der Waals surface area contributed by atoms with E-state index in [2.05, 4.69) is 35.1 Å². The van der Waals surface area contributed by atoms with Crippen molar-refractivity contribution in [1.82, 2.24) is 9.88 Å². The minimum atomic E-state index is -0.111. The molecule has 0 saturated carbocycles. The van der Waals surface area contributed by atoms with Gasteiger partial charge >= 0.3 is 5.97 Å². The van der Waals surface area contributed by atoms with Crippen LogP contribution in [0.1, 0.15) is 24.6 Å². The Morgan fingerprint density at radius 2 is 2.20 bits per heavy atom. The van der Waals surface area contributed by atoms with Crippen LogP contribution < -0.4 is 0 Å². The molecule has 1 aliphatic rings. The number of esters is 1. The number of benzene rings is 1. The molecule has 20 heavy (non-hydrogen) atoms. The smallest absolute Gasteiger partial charge is 0.310 e. The summed E-state index contributed by atoms with van der Waals surface area (Å²) in [5.41, 5.74) is 2.22. The summed E-state index contributed by atoms with van der Waals surface area (Å²) in [7, 11) is 3.55. The van der Waals surface area contributed by atoms with E-state index in [0.717, 1.165) is 30.6 Å². The van der Waals surface area contributed by atoms with E-state index in [1.807, 2.05) is 12.1 Å². The summed E-state index contributed by atoms with van der Waals surface area (Å²) in [6, 6.07) is 10.4. The quantitative estimate of drug-likeness (QED) is 0.855. The van der Waals surface area contributed by atoms with Crippen molar-refractivity contribution in [3.63, 3.8) is 0 Å². The van der Waals surface area contributed by atoms with Crippen LogP contribution in [0.3, 0.4) is 0 Å². The summed E-state index contributed by atoms with van der Waals surface area (Å²) < 4.78 is 4.98. The molecule has 2 heterocycles. The highest BCUT2D eigenvalue weighted by molar-refractivity contribution is 5.81. The Morgan fingerprint density at radius 1 is 1.40 bits per heavy atom. The van der Waals surface area contributed by atoms with Crippen molar-refractivity contribution >= 4 is 16.9 Å². The molecule has 2 unspecified atom stereocenters. The van der Waals surface area contributed by atoms with Gasteiger partial charge in [0.25, 0.3) is 0 Å². The largest absolute Gasteiger partial charge is 0.469 e. The van der Waals surface area contributed by atoms with Crippen LogP contribution >= 0.6 is 0 Å². The third kappa shape index (κ3) is 2.20. The number of carbonyl (C=O) groups excluding carboxylic acids is 1. The van der Waals surface area contributed by atoms with Crippen molar-refractivity contribution < 1.29 is 9.53 Å². The zero-order chi connectivity index (χ0) is 14.1. The van der Waals surface area contributed by atoms with E-state index in [1.54, 1.807) is 0 Å². The van der Waals surface area contributed by atoms with E-state index in [1.165, 1.54) is 12.5 Å². The highest BCUT2D eigenvalue weighted by atomic mass is 16.5. The van der Waals surface area contributed by atoms with Crippen molar-refractivity contribution in [3.8, 4) is 0 Å². The SMILES string of the molecule is COC(=O)C1CCCN(C)C1c1cc2ccccc2[nH]1. The number of H-pyrrole nitrogens is 1. The maximum absolute atomic E-state index is 12.0. The fraction of sp³-hybridized carbons (Fsp3) is 0.438. The van der Waals surface area contributed by atoms with Gasteiger partial charge in [0, 0.05) is 11.2 Å². The monoisotopic (exact) mass is 272 g/mol. The molecule has 3 rings (SSSR count). The molecule has 0 radical (unpaired) electrons. The van der Waals surface area contributed by atoms with E-state index in [-0.39, 0.29) is 17.9 Å². The average molecular weight is 272 g/mol. The number of rotatable bonds is 2. The molecule has 1 aromatic carbocycles. The van der Waals surface area contributed by atoms with E-state index < -0.39 is 0 Å². The number of nitrogens with zero attached hydrogens (tertiary/aromatic N) is 1. The van der Waals surface area contributed by atoms with E-state index in [4.69, 9.17) is 4.74 Å². The molecule has 2 atom stereocenters. The Balaban J connectivity index is 2.00. The van der Waals surface area contributed by atoms with Gasteiger partial charge in [0.2, 0.25) is 0 Å². The van der Waals surface area contributed by atoms with Crippen LogP contribution in [0.5, 0.6) is 0 Å². The third-order valence-electron chi connectivity index (χ3n) is 4.26. The van der Waals surface area contributed by atoms with Crippen LogP contribution in [0, 0.1) is 5.92 Å². The Kier molecular flexibility index (Phi) is 3.49. The number of hydrogen-bond acceptors (Lipinski definition) is 3. The fourth-order valence-corrected chi connectivity index (χ4v) is 3.27. The van der Waals surface area contributed by atoms with Crippen molar-refractivity contribution in [3.05, 3.63) is 36.0 Å². The second kappa shape index (κ2) is 5.29. The second-order valence-corrected chi connectivity index (χ2v) is 5.51. The van der Waals surface area contributed by atoms with Crippen LogP contribution in [0.2, 0.25) is 0 Å². The van der Waals surface area contributed by atoms with Crippen molar-refractivity contribution in [2.24, 2.45) is 5.92 Å². The Bertz CT molecular complexity index is 587. The number of para-hydroxylation sites is 1. The maximum Gasteiger partial charge on any atom is 0.310 e. The number of nitrogens with one attached hydrogen (secondary N) is 1. The van der Waals surface area contributed by atoms with Gasteiger partial charge in [-0.15, -0.1) is 0 Å². The van der Waals surface area contributed by atoms with E-state index >= 15 is 0 Å². The fourth-order valence-electron chi connectivity index (χ4n) is 3.27. The third-order valence-corrected chi connectivity index (χ3v) is 4.26. The zero-order valence-corrected chi connectivity index (χ0v) is 11.9. The summed E-state index contributed by atoms with van der Waals surface area (Å²) in [6.45, 7) is 1.01. The summed E-state index contributed by atoms with van der Waals surface area (Å²) in [6.07, 6.45) is 1.92. The van der Waals surface area contributed by atoms with E-state index in [0.29, 0.717) is 0 Å². The van der Waals surface area contributed by atoms with Gasteiger partial charge < -0.3 is 9.72 Å². The molecule has 4 heteroatoms. The minimum Gasteiger partial charge on any atom is -0.469 e. The van der Waals surface area contributed by atoms with Gasteiger partial charge in [0.15, 0.2) is 0 Å². The van der Waals surface area contributed by atoms with Gasteiger partial charge in [-0.05, 0) is 44.0 Å². The lowest BCUT2D eigenvalue weighted by Crippen LogP contribution is -2.40. The highest BCUT2D eigenvalue weighted by Crippen LogP contribution is 2.36. The number of aromatic nitrogens is 1. The first-order valence-corrected chi connectivity index (χ1v) is 7.06. The number of fused-ring (bicyclic) bond motifs is 1. The molecule has 0 aliphatic carbocycles. The molecule has 0 amide bonds. The Morgan fingerprint density at radius 3 is 2.95 bits per heavy atom. The number of aromatic amines is 1. The molecule has 0 spiro atoms. The molecule has 1 N–H and O–H groups in total. The Labute approximate surface area is 118 Å². The van der Waals surface area contributed by atoms with Crippen molar-refractivity contribution in [2.75, 3.05) is 20.7 Å². The lowest BCUT2D eigenvalue weighted by Gasteiger charge is -2.37. The van der Waals surface area contributed by atoms with Crippen molar-refractivity contribution in [1.29, 1.82) is 0 Å². The van der Waals surface area contributed by atoms with Gasteiger partial charge in [0.05, 0.1) is 19.1 Å². The van der Waals surface area contributed by atoms with Gasteiger partial charge in [-0.25, -0.2) is 0 Å². The summed E-state index contributed by atoms with van der Waals surface area (Å²) in [5, 5.41) is 1.19. The number of methoxy groups -OCH3 is 1. The van der Waals surface area contributed by atoms with Crippen LogP contribution in [0.25, 0.3) is 10.9 Å². The molecular weight excluding hydrogens is 252 g/mol. The summed E-state index contributed by atoms with van der Waals surface area (Å²) in [5.74, 6) is -0.202. The van der Waals surface area contributed by atoms with Gasteiger partial charge in [0.1, 0.15) is 0 Å². The number of carbonyl (C=O) groups is 1. The van der Waals surface area contributed by atoms with Gasteiger partial charge in [-0.2, -0.15) is 0 Å². The Hall–Kier alpha value is -1.81. The van der Waals surface area contributed by atoms with Crippen LogP contribution in [-0.2, 0) is 9.53 Å². The van der Waals surface area contributed by atoms with Gasteiger partial charge in [-0.3, -0.25) is 9.69 Å². The first-order chi connectivity index (χ1) is 9.70. The molecular formula is C16H20N2O2. The number of likely N-dealkylation sites (tertiary alicyclic amines) is 1. The number of hydrogen-bond donors (Lipinski definition) is 1.